The molecule has 2 aromatic rings. The van der Waals surface area contributed by atoms with E-state index in [1.165, 1.54) is 19.2 Å². The third-order valence-corrected chi connectivity index (χ3v) is 6.68. The molecule has 242 valence electrons. The van der Waals surface area contributed by atoms with Crippen LogP contribution in [-0.4, -0.2) is 73.2 Å². The highest BCUT2D eigenvalue weighted by molar-refractivity contribution is 5.69. The fourth-order valence-electron chi connectivity index (χ4n) is 4.97. The Morgan fingerprint density at radius 3 is 2.04 bits per heavy atom. The molecule has 1 aliphatic heterocycles. The lowest BCUT2D eigenvalue weighted by atomic mass is 9.85. The van der Waals surface area contributed by atoms with Gasteiger partial charge >= 0.3 is 23.9 Å². The van der Waals surface area contributed by atoms with E-state index in [2.05, 4.69) is 6.07 Å². The van der Waals surface area contributed by atoms with Crippen LogP contribution in [0.25, 0.3) is 0 Å². The number of benzene rings is 2. The number of ether oxygens (including phenoxy) is 7. The largest absolute Gasteiger partial charge is 0.497 e. The molecule has 0 aromatic heterocycles. The van der Waals surface area contributed by atoms with Crippen molar-refractivity contribution in [2.75, 3.05) is 13.7 Å². The van der Waals surface area contributed by atoms with Crippen molar-refractivity contribution in [1.29, 1.82) is 5.26 Å². The van der Waals surface area contributed by atoms with E-state index in [0.717, 1.165) is 33.3 Å². The van der Waals surface area contributed by atoms with E-state index in [-0.39, 0.29) is 23.3 Å². The standard InChI is InChI=1S/C32H37NO12/c1-17(2)41-27-14-24(15-33)23(12-22-8-10-25(39-7)11-9-22)13-26(27)32(38)31(44-21(6)37)30(43-20(5)36)29(42-19(4)35)28(45-32)16-40-18(3)34/h8-11,13-14,17,28-31,38H,12,16H2,1-7H3/t28-,29-,30+,31-,32+/m1/s1. The monoisotopic (exact) mass is 627 g/mol. The predicted molar refractivity (Wildman–Crippen MR) is 155 cm³/mol. The Bertz CT molecular complexity index is 1450. The normalized spacial score (nSPS) is 22.5. The van der Waals surface area contributed by atoms with Crippen molar-refractivity contribution >= 4 is 23.9 Å². The maximum Gasteiger partial charge on any atom is 0.303 e. The van der Waals surface area contributed by atoms with Gasteiger partial charge in [-0.25, -0.2) is 0 Å². The summed E-state index contributed by atoms with van der Waals surface area (Å²) in [6.07, 6.45) is -6.61. The van der Waals surface area contributed by atoms with E-state index in [1.54, 1.807) is 38.1 Å². The molecule has 0 spiro atoms. The number of hydrogen-bond donors (Lipinski definition) is 1. The summed E-state index contributed by atoms with van der Waals surface area (Å²) < 4.78 is 39.0. The number of nitrogens with zero attached hydrogens (tertiary/aromatic N) is 1. The summed E-state index contributed by atoms with van der Waals surface area (Å²) in [5, 5.41) is 22.5. The minimum Gasteiger partial charge on any atom is -0.497 e. The molecule has 5 atom stereocenters. The zero-order chi connectivity index (χ0) is 33.5. The number of nitriles is 1. The third-order valence-electron chi connectivity index (χ3n) is 6.68. The van der Waals surface area contributed by atoms with Gasteiger partial charge in [0.15, 0.2) is 12.2 Å². The molecule has 2 aromatic carbocycles. The van der Waals surface area contributed by atoms with Crippen molar-refractivity contribution < 1.29 is 57.4 Å². The Morgan fingerprint density at radius 2 is 1.53 bits per heavy atom. The summed E-state index contributed by atoms with van der Waals surface area (Å²) in [5.41, 5.74) is 1.37. The highest BCUT2D eigenvalue weighted by atomic mass is 16.7. The van der Waals surface area contributed by atoms with Gasteiger partial charge in [-0.05, 0) is 55.7 Å². The van der Waals surface area contributed by atoms with Gasteiger partial charge in [-0.15, -0.1) is 0 Å². The Labute approximate surface area is 260 Å². The quantitative estimate of drug-likeness (QED) is 0.284. The molecule has 1 heterocycles. The van der Waals surface area contributed by atoms with Crippen molar-refractivity contribution in [2.24, 2.45) is 0 Å². The lowest BCUT2D eigenvalue weighted by Gasteiger charge is -2.49. The van der Waals surface area contributed by atoms with E-state index in [4.69, 9.17) is 33.2 Å². The first-order valence-electron chi connectivity index (χ1n) is 14.1. The van der Waals surface area contributed by atoms with E-state index in [1.807, 2.05) is 0 Å². The number of aliphatic hydroxyl groups is 1. The zero-order valence-electron chi connectivity index (χ0n) is 26.2. The van der Waals surface area contributed by atoms with Gasteiger partial charge in [0.2, 0.25) is 11.9 Å². The molecule has 1 aliphatic rings. The summed E-state index contributed by atoms with van der Waals surface area (Å²) in [7, 11) is 1.54. The summed E-state index contributed by atoms with van der Waals surface area (Å²) in [6.45, 7) is 7.27. The fourth-order valence-corrected chi connectivity index (χ4v) is 4.97. The van der Waals surface area contributed by atoms with Gasteiger partial charge in [0, 0.05) is 27.7 Å². The van der Waals surface area contributed by atoms with Crippen LogP contribution in [0.5, 0.6) is 11.5 Å². The maximum absolute atomic E-state index is 12.5. The molecule has 3 rings (SSSR count). The number of carbonyl (C=O) groups excluding carboxylic acids is 4. The van der Waals surface area contributed by atoms with Crippen LogP contribution in [0.15, 0.2) is 36.4 Å². The maximum atomic E-state index is 12.5. The summed E-state index contributed by atoms with van der Waals surface area (Å²) >= 11 is 0. The second kappa shape index (κ2) is 14.9. The lowest BCUT2D eigenvalue weighted by Crippen LogP contribution is -2.66. The zero-order valence-corrected chi connectivity index (χ0v) is 26.2. The Hall–Kier alpha value is -4.67. The van der Waals surface area contributed by atoms with Crippen LogP contribution in [0, 0.1) is 11.3 Å². The smallest absolute Gasteiger partial charge is 0.303 e. The minimum absolute atomic E-state index is 0.00145. The molecule has 0 amide bonds. The SMILES string of the molecule is COc1ccc(Cc2cc([C@]3(O)O[C@H](COC(C)=O)[C@@H](OC(C)=O)[C@H](OC(C)=O)[C@H]3OC(C)=O)c(OC(C)C)cc2C#N)cc1. The molecule has 0 bridgehead atoms. The van der Waals surface area contributed by atoms with Crippen molar-refractivity contribution in [3.63, 3.8) is 0 Å². The van der Waals surface area contributed by atoms with E-state index >= 15 is 0 Å². The molecule has 0 radical (unpaired) electrons. The Morgan fingerprint density at radius 1 is 0.933 bits per heavy atom. The van der Waals surface area contributed by atoms with E-state index < -0.39 is 66.8 Å². The van der Waals surface area contributed by atoms with Crippen LogP contribution in [-0.2, 0) is 55.1 Å². The molecule has 1 saturated heterocycles. The van der Waals surface area contributed by atoms with Gasteiger partial charge in [-0.3, -0.25) is 19.2 Å². The number of hydrogen-bond acceptors (Lipinski definition) is 13. The fraction of sp³-hybridized carbons (Fsp3) is 0.469. The van der Waals surface area contributed by atoms with Crippen LogP contribution in [0.1, 0.15) is 63.8 Å². The number of rotatable bonds is 11. The van der Waals surface area contributed by atoms with Gasteiger partial charge in [0.05, 0.1) is 30.4 Å². The summed E-state index contributed by atoms with van der Waals surface area (Å²) in [6, 6.07) is 12.2. The van der Waals surface area contributed by atoms with Gasteiger partial charge in [-0.2, -0.15) is 5.26 Å². The topological polar surface area (TPSA) is 177 Å². The molecule has 0 unspecified atom stereocenters. The third kappa shape index (κ3) is 8.71. The van der Waals surface area contributed by atoms with Crippen LogP contribution in [0.2, 0.25) is 0 Å². The lowest BCUT2D eigenvalue weighted by molar-refractivity contribution is -0.360. The van der Waals surface area contributed by atoms with Crippen LogP contribution >= 0.6 is 0 Å². The van der Waals surface area contributed by atoms with Crippen molar-refractivity contribution in [3.8, 4) is 17.6 Å². The molecule has 45 heavy (non-hydrogen) atoms. The molecule has 1 fully saturated rings. The van der Waals surface area contributed by atoms with Gasteiger partial charge in [0.1, 0.15) is 24.2 Å². The van der Waals surface area contributed by atoms with Gasteiger partial charge in [0.25, 0.3) is 0 Å². The van der Waals surface area contributed by atoms with Crippen molar-refractivity contribution in [1.82, 2.24) is 0 Å². The molecule has 13 nitrogen and oxygen atoms in total. The molecule has 0 aliphatic carbocycles. The van der Waals surface area contributed by atoms with Gasteiger partial charge in [-0.1, -0.05) is 12.1 Å². The number of methoxy groups -OCH3 is 1. The molecular formula is C32H37NO12. The predicted octanol–water partition coefficient (Wildman–Crippen LogP) is 2.85. The highest BCUT2D eigenvalue weighted by Gasteiger charge is 2.61. The van der Waals surface area contributed by atoms with Gasteiger partial charge < -0.3 is 38.3 Å². The second-order valence-corrected chi connectivity index (χ2v) is 10.6. The molecular weight excluding hydrogens is 590 g/mol. The Balaban J connectivity index is 2.31. The van der Waals surface area contributed by atoms with E-state index in [9.17, 15) is 29.5 Å². The minimum atomic E-state index is -2.65. The molecule has 13 heteroatoms. The van der Waals surface area contributed by atoms with Crippen molar-refractivity contribution in [2.45, 2.75) is 84.3 Å². The average molecular weight is 628 g/mol. The number of esters is 4. The molecule has 1 N–H and O–H groups in total. The summed E-state index contributed by atoms with van der Waals surface area (Å²) in [5.74, 6) is -5.30. The first-order chi connectivity index (χ1) is 21.2. The molecule has 0 saturated carbocycles. The average Bonchev–Trinajstić information content (AvgIpc) is 2.95. The second-order valence-electron chi connectivity index (χ2n) is 10.6. The first kappa shape index (κ1) is 34.8. The van der Waals surface area contributed by atoms with Crippen LogP contribution < -0.4 is 9.47 Å². The highest BCUT2D eigenvalue weighted by Crippen LogP contribution is 2.45. The Kier molecular flexibility index (Phi) is 11.5. The van der Waals surface area contributed by atoms with Crippen molar-refractivity contribution in [3.05, 3.63) is 58.7 Å². The van der Waals surface area contributed by atoms with Crippen LogP contribution in [0.3, 0.4) is 0 Å². The number of carbonyl (C=O) groups is 4. The van der Waals surface area contributed by atoms with Crippen LogP contribution in [0.4, 0.5) is 0 Å². The summed E-state index contributed by atoms with van der Waals surface area (Å²) in [4.78, 5) is 48.6. The first-order valence-corrected chi connectivity index (χ1v) is 14.1. The van der Waals surface area contributed by atoms with E-state index in [0.29, 0.717) is 11.3 Å².